The van der Waals surface area contributed by atoms with E-state index in [2.05, 4.69) is 11.9 Å². The zero-order valence-corrected chi connectivity index (χ0v) is 14.6. The Morgan fingerprint density at radius 1 is 1.32 bits per heavy atom. The van der Waals surface area contributed by atoms with Crippen LogP contribution >= 0.6 is 0 Å². The van der Waals surface area contributed by atoms with Crippen molar-refractivity contribution in [2.45, 2.75) is 76.5 Å². The van der Waals surface area contributed by atoms with Gasteiger partial charge in [0.25, 0.3) is 0 Å². The molecule has 1 N–H and O–H groups in total. The molecule has 1 unspecified atom stereocenters. The molecule has 2 rings (SSSR count). The van der Waals surface area contributed by atoms with Crippen molar-refractivity contribution >= 4 is 6.09 Å². The Labute approximate surface area is 134 Å². The van der Waals surface area contributed by atoms with Crippen LogP contribution in [0.2, 0.25) is 0 Å². The highest BCUT2D eigenvalue weighted by Crippen LogP contribution is 2.30. The second kappa shape index (κ2) is 6.75. The first kappa shape index (κ1) is 17.5. The number of hydrogen-bond acceptors (Lipinski definition) is 4. The van der Waals surface area contributed by atoms with E-state index in [0.717, 1.165) is 38.6 Å². The van der Waals surface area contributed by atoms with E-state index in [1.54, 1.807) is 4.90 Å². The zero-order chi connectivity index (χ0) is 16.4. The lowest BCUT2D eigenvalue weighted by atomic mass is 9.84. The lowest BCUT2D eigenvalue weighted by Crippen LogP contribution is -2.47. The smallest absolute Gasteiger partial charge is 0.410 e. The molecule has 0 aromatic heterocycles. The molecule has 22 heavy (non-hydrogen) atoms. The molecule has 128 valence electrons. The first-order valence-corrected chi connectivity index (χ1v) is 8.59. The van der Waals surface area contributed by atoms with Gasteiger partial charge in [-0.1, -0.05) is 19.3 Å². The number of likely N-dealkylation sites (tertiary alicyclic amines) is 1. The highest BCUT2D eigenvalue weighted by molar-refractivity contribution is 5.68. The second-order valence-corrected chi connectivity index (χ2v) is 8.07. The molecule has 1 amide bonds. The monoisotopic (exact) mass is 312 g/mol. The van der Waals surface area contributed by atoms with E-state index in [9.17, 15) is 9.90 Å². The number of ether oxygens (including phenoxy) is 1. The Morgan fingerprint density at radius 3 is 2.55 bits per heavy atom. The van der Waals surface area contributed by atoms with Crippen molar-refractivity contribution < 1.29 is 14.6 Å². The number of nitrogens with zero attached hydrogens (tertiary/aromatic N) is 2. The molecule has 0 aromatic rings. The number of hydrogen-bond donors (Lipinski definition) is 1. The van der Waals surface area contributed by atoms with Gasteiger partial charge in [-0.05, 0) is 47.1 Å². The summed E-state index contributed by atoms with van der Waals surface area (Å²) in [5.74, 6) is 0. The predicted molar refractivity (Wildman–Crippen MR) is 86.9 cm³/mol. The van der Waals surface area contributed by atoms with Gasteiger partial charge in [-0.25, -0.2) is 4.79 Å². The lowest BCUT2D eigenvalue weighted by Gasteiger charge is -2.37. The van der Waals surface area contributed by atoms with E-state index in [1.165, 1.54) is 6.42 Å². The highest BCUT2D eigenvalue weighted by atomic mass is 16.6. The van der Waals surface area contributed by atoms with Crippen LogP contribution in [-0.4, -0.2) is 64.9 Å². The largest absolute Gasteiger partial charge is 0.444 e. The maximum absolute atomic E-state index is 12.1. The van der Waals surface area contributed by atoms with E-state index in [0.29, 0.717) is 19.1 Å². The minimum absolute atomic E-state index is 0.222. The summed E-state index contributed by atoms with van der Waals surface area (Å²) >= 11 is 0. The summed E-state index contributed by atoms with van der Waals surface area (Å²) in [6.45, 7) is 7.82. The fourth-order valence-corrected chi connectivity index (χ4v) is 3.56. The predicted octanol–water partition coefficient (Wildman–Crippen LogP) is 2.62. The molecule has 0 radical (unpaired) electrons. The minimum Gasteiger partial charge on any atom is -0.444 e. The third kappa shape index (κ3) is 4.85. The molecule has 1 saturated carbocycles. The van der Waals surface area contributed by atoms with Crippen LogP contribution in [0.1, 0.15) is 59.3 Å². The Bertz CT molecular complexity index is 386. The molecule has 1 aliphatic heterocycles. The molecule has 5 nitrogen and oxygen atoms in total. The molecule has 0 spiro atoms. The SMILES string of the molecule is CN(CC1(O)CCCCC1)C1CCN(C(=O)OC(C)(C)C)C1. The summed E-state index contributed by atoms with van der Waals surface area (Å²) in [6, 6.07) is 0.318. The molecule has 0 bridgehead atoms. The molecule has 1 atom stereocenters. The molecule has 1 aliphatic carbocycles. The molecule has 1 heterocycles. The average Bonchev–Trinajstić information content (AvgIpc) is 2.86. The molecule has 2 aliphatic rings. The van der Waals surface area contributed by atoms with Crippen molar-refractivity contribution in [3.63, 3.8) is 0 Å². The first-order chi connectivity index (χ1) is 10.2. The number of carbonyl (C=O) groups excluding carboxylic acids is 1. The summed E-state index contributed by atoms with van der Waals surface area (Å²) in [7, 11) is 2.07. The second-order valence-electron chi connectivity index (χ2n) is 8.07. The van der Waals surface area contributed by atoms with Crippen molar-refractivity contribution in [1.29, 1.82) is 0 Å². The Balaban J connectivity index is 1.83. The lowest BCUT2D eigenvalue weighted by molar-refractivity contribution is -0.0286. The Morgan fingerprint density at radius 2 is 1.95 bits per heavy atom. The minimum atomic E-state index is -0.535. The van der Waals surface area contributed by atoms with Crippen molar-refractivity contribution in [1.82, 2.24) is 9.80 Å². The molecular weight excluding hydrogens is 280 g/mol. The maximum atomic E-state index is 12.1. The van der Waals surface area contributed by atoms with Crippen molar-refractivity contribution in [3.8, 4) is 0 Å². The fourth-order valence-electron chi connectivity index (χ4n) is 3.56. The third-order valence-corrected chi connectivity index (χ3v) is 4.77. The molecule has 5 heteroatoms. The van der Waals surface area contributed by atoms with Gasteiger partial charge in [0.1, 0.15) is 5.60 Å². The van der Waals surface area contributed by atoms with Crippen LogP contribution in [0.3, 0.4) is 0 Å². The maximum Gasteiger partial charge on any atom is 0.410 e. The number of aliphatic hydroxyl groups is 1. The molecule has 1 saturated heterocycles. The Kier molecular flexibility index (Phi) is 5.38. The first-order valence-electron chi connectivity index (χ1n) is 8.59. The fraction of sp³-hybridized carbons (Fsp3) is 0.941. The topological polar surface area (TPSA) is 53.0 Å². The van der Waals surface area contributed by atoms with Crippen LogP contribution in [-0.2, 0) is 4.74 Å². The van der Waals surface area contributed by atoms with Gasteiger partial charge >= 0.3 is 6.09 Å². The summed E-state index contributed by atoms with van der Waals surface area (Å²) in [4.78, 5) is 16.1. The van der Waals surface area contributed by atoms with Crippen LogP contribution in [0, 0.1) is 0 Å². The van der Waals surface area contributed by atoms with Crippen LogP contribution in [0.25, 0.3) is 0 Å². The Hall–Kier alpha value is -0.810. The van der Waals surface area contributed by atoms with Gasteiger partial charge in [-0.3, -0.25) is 4.90 Å². The molecule has 0 aromatic carbocycles. The van der Waals surface area contributed by atoms with Gasteiger partial charge in [0.05, 0.1) is 5.60 Å². The van der Waals surface area contributed by atoms with E-state index in [-0.39, 0.29) is 6.09 Å². The number of amides is 1. The van der Waals surface area contributed by atoms with Gasteiger partial charge in [0.15, 0.2) is 0 Å². The van der Waals surface area contributed by atoms with Crippen LogP contribution < -0.4 is 0 Å². The van der Waals surface area contributed by atoms with Gasteiger partial charge in [0, 0.05) is 25.7 Å². The van der Waals surface area contributed by atoms with Gasteiger partial charge in [-0.2, -0.15) is 0 Å². The van der Waals surface area contributed by atoms with Gasteiger partial charge in [0.2, 0.25) is 0 Å². The van der Waals surface area contributed by atoms with Crippen molar-refractivity contribution in [3.05, 3.63) is 0 Å². The summed E-state index contributed by atoms with van der Waals surface area (Å²) in [5.41, 5.74) is -0.981. The van der Waals surface area contributed by atoms with E-state index >= 15 is 0 Å². The van der Waals surface area contributed by atoms with Crippen molar-refractivity contribution in [2.24, 2.45) is 0 Å². The van der Waals surface area contributed by atoms with E-state index in [4.69, 9.17) is 4.74 Å². The number of carbonyl (C=O) groups is 1. The molecular formula is C17H32N2O3. The summed E-state index contributed by atoms with van der Waals surface area (Å²) in [6.07, 6.45) is 6.02. The normalized spacial score (nSPS) is 25.5. The van der Waals surface area contributed by atoms with E-state index < -0.39 is 11.2 Å². The number of rotatable bonds is 3. The van der Waals surface area contributed by atoms with Crippen LogP contribution in [0.5, 0.6) is 0 Å². The average molecular weight is 312 g/mol. The van der Waals surface area contributed by atoms with Crippen LogP contribution in [0.4, 0.5) is 4.79 Å². The quantitative estimate of drug-likeness (QED) is 0.870. The molecule has 2 fully saturated rings. The van der Waals surface area contributed by atoms with Crippen molar-refractivity contribution in [2.75, 3.05) is 26.7 Å². The van der Waals surface area contributed by atoms with Gasteiger partial charge < -0.3 is 14.7 Å². The number of likely N-dealkylation sites (N-methyl/N-ethyl adjacent to an activating group) is 1. The highest BCUT2D eigenvalue weighted by Gasteiger charge is 2.36. The summed E-state index contributed by atoms with van der Waals surface area (Å²) < 4.78 is 5.44. The zero-order valence-electron chi connectivity index (χ0n) is 14.6. The van der Waals surface area contributed by atoms with Gasteiger partial charge in [-0.15, -0.1) is 0 Å². The standard InChI is InChI=1S/C17H32N2O3/c1-16(2,3)22-15(20)19-11-8-14(12-19)18(4)13-17(21)9-6-5-7-10-17/h14,21H,5-13H2,1-4H3. The van der Waals surface area contributed by atoms with E-state index in [1.807, 2.05) is 20.8 Å². The third-order valence-electron chi connectivity index (χ3n) is 4.77. The summed E-state index contributed by atoms with van der Waals surface area (Å²) in [5, 5.41) is 10.7. The van der Waals surface area contributed by atoms with Crippen LogP contribution in [0.15, 0.2) is 0 Å².